The van der Waals surface area contributed by atoms with Crippen molar-refractivity contribution in [2.24, 2.45) is 12.2 Å². The number of aromatic nitrogens is 1. The number of carbonyl (C=O) groups excluding carboxylic acids is 1. The first-order valence-corrected chi connectivity index (χ1v) is 10.1. The van der Waals surface area contributed by atoms with E-state index in [-0.39, 0.29) is 35.7 Å². The molecular weight excluding hydrogens is 415 g/mol. The molecule has 1 atom stereocenters. The molecule has 30 heavy (non-hydrogen) atoms. The summed E-state index contributed by atoms with van der Waals surface area (Å²) < 4.78 is 44.0. The minimum atomic E-state index is -4.23. The Labute approximate surface area is 172 Å². The molecule has 0 fully saturated rings. The normalized spacial score (nSPS) is 11.7. The van der Waals surface area contributed by atoms with Gasteiger partial charge in [-0.1, -0.05) is 5.92 Å². The second-order valence-corrected chi connectivity index (χ2v) is 7.66. The molecule has 158 valence electrons. The second-order valence-electron chi connectivity index (χ2n) is 6.13. The summed E-state index contributed by atoms with van der Waals surface area (Å²) in [4.78, 5) is 12.4. The highest BCUT2D eigenvalue weighted by molar-refractivity contribution is 7.89. The van der Waals surface area contributed by atoms with Crippen LogP contribution < -0.4 is 15.2 Å². The molecule has 2 rings (SSSR count). The Morgan fingerprint density at radius 2 is 2.17 bits per heavy atom. The van der Waals surface area contributed by atoms with E-state index in [1.54, 1.807) is 13.0 Å². The van der Waals surface area contributed by atoms with E-state index >= 15 is 0 Å². The van der Waals surface area contributed by atoms with E-state index in [9.17, 15) is 22.7 Å². The number of aliphatic hydroxyl groups is 1. The van der Waals surface area contributed by atoms with E-state index in [0.29, 0.717) is 0 Å². The minimum Gasteiger partial charge on any atom is -0.490 e. The van der Waals surface area contributed by atoms with Gasteiger partial charge in [-0.15, -0.1) is 5.92 Å². The average molecular weight is 434 g/mol. The number of rotatable bonds is 7. The number of nitrogens with one attached hydrogen (secondary N) is 1. The van der Waals surface area contributed by atoms with E-state index in [2.05, 4.69) is 17.2 Å². The molecular formula is C19H19FN4O5S. The van der Waals surface area contributed by atoms with E-state index in [1.165, 1.54) is 17.7 Å². The average Bonchev–Trinajstić information content (AvgIpc) is 3.00. The molecule has 0 radical (unpaired) electrons. The van der Waals surface area contributed by atoms with Gasteiger partial charge >= 0.3 is 0 Å². The summed E-state index contributed by atoms with van der Waals surface area (Å²) >= 11 is 0. The third-order valence-electron chi connectivity index (χ3n) is 3.92. The summed E-state index contributed by atoms with van der Waals surface area (Å²) in [5, 5.41) is 26.3. The van der Waals surface area contributed by atoms with Crippen LogP contribution in [0.15, 0.2) is 29.3 Å². The van der Waals surface area contributed by atoms with Gasteiger partial charge < -0.3 is 19.7 Å². The summed E-state index contributed by atoms with van der Waals surface area (Å²) in [6.07, 6.45) is 0.190. The lowest BCUT2D eigenvalue weighted by atomic mass is 10.2. The number of halogens is 1. The first-order chi connectivity index (χ1) is 14.1. The number of nitriles is 1. The summed E-state index contributed by atoms with van der Waals surface area (Å²) in [6.45, 7) is 1.41. The van der Waals surface area contributed by atoms with E-state index in [4.69, 9.17) is 15.1 Å². The third kappa shape index (κ3) is 5.36. The fraction of sp³-hybridized carbons (Fsp3) is 0.263. The monoisotopic (exact) mass is 434 g/mol. The molecule has 0 bridgehead atoms. The molecule has 0 spiro atoms. The standard InChI is InChI=1S/C19H19FN4O5S/c1-3-4-14(25)7-8-29-18-16(30(22,27)28)11-24(2)17(18)19(26)23-13-5-6-15(20)12(9-13)10-21/h5-6,9,11,14,25H,7-8H2,1-2H3,(H,23,26)(H2,22,27,28). The number of aryl methyl sites for hydroxylation is 1. The molecule has 0 saturated carbocycles. The lowest BCUT2D eigenvalue weighted by Crippen LogP contribution is -2.19. The number of carbonyl (C=O) groups is 1. The van der Waals surface area contributed by atoms with Gasteiger partial charge in [0.1, 0.15) is 22.9 Å². The van der Waals surface area contributed by atoms with Crippen molar-refractivity contribution in [3.63, 3.8) is 0 Å². The van der Waals surface area contributed by atoms with Crippen molar-refractivity contribution in [2.75, 3.05) is 11.9 Å². The number of benzene rings is 1. The van der Waals surface area contributed by atoms with Gasteiger partial charge in [-0.05, 0) is 25.1 Å². The first kappa shape index (κ1) is 22.9. The highest BCUT2D eigenvalue weighted by Crippen LogP contribution is 2.30. The zero-order valence-corrected chi connectivity index (χ0v) is 17.0. The van der Waals surface area contributed by atoms with Crippen molar-refractivity contribution in [1.82, 2.24) is 4.57 Å². The molecule has 9 nitrogen and oxygen atoms in total. The highest BCUT2D eigenvalue weighted by atomic mass is 32.2. The molecule has 1 heterocycles. The Balaban J connectivity index is 2.38. The smallest absolute Gasteiger partial charge is 0.276 e. The number of anilines is 1. The molecule has 1 unspecified atom stereocenters. The number of nitrogens with zero attached hydrogens (tertiary/aromatic N) is 2. The Bertz CT molecular complexity index is 1170. The molecule has 0 aliphatic heterocycles. The maximum atomic E-state index is 13.5. The van der Waals surface area contributed by atoms with Gasteiger partial charge in [0.25, 0.3) is 5.91 Å². The zero-order chi connectivity index (χ0) is 22.5. The molecule has 0 aliphatic carbocycles. The van der Waals surface area contributed by atoms with Crippen LogP contribution in [0.4, 0.5) is 10.1 Å². The summed E-state index contributed by atoms with van der Waals surface area (Å²) in [7, 11) is -2.81. The Hall–Kier alpha value is -3.38. The predicted molar refractivity (Wildman–Crippen MR) is 105 cm³/mol. The largest absolute Gasteiger partial charge is 0.490 e. The number of nitrogens with two attached hydrogens (primary N) is 1. The van der Waals surface area contributed by atoms with Gasteiger partial charge in [0.15, 0.2) is 11.4 Å². The first-order valence-electron chi connectivity index (χ1n) is 8.54. The molecule has 1 amide bonds. The van der Waals surface area contributed by atoms with Crippen LogP contribution in [0.3, 0.4) is 0 Å². The Morgan fingerprint density at radius 3 is 2.77 bits per heavy atom. The molecule has 1 aromatic heterocycles. The van der Waals surface area contributed by atoms with Crippen molar-refractivity contribution >= 4 is 21.6 Å². The van der Waals surface area contributed by atoms with Crippen molar-refractivity contribution in [1.29, 1.82) is 5.26 Å². The maximum Gasteiger partial charge on any atom is 0.276 e. The SMILES string of the molecule is CC#CC(O)CCOc1c(S(N)(=O)=O)cn(C)c1C(=O)Nc1ccc(F)c(C#N)c1. The van der Waals surface area contributed by atoms with E-state index in [0.717, 1.165) is 18.3 Å². The molecule has 2 aromatic rings. The van der Waals surface area contributed by atoms with Crippen LogP contribution in [0.5, 0.6) is 5.75 Å². The summed E-state index contributed by atoms with van der Waals surface area (Å²) in [5.74, 6) is 3.23. The van der Waals surface area contributed by atoms with Crippen LogP contribution in [-0.2, 0) is 17.1 Å². The fourth-order valence-electron chi connectivity index (χ4n) is 2.57. The van der Waals surface area contributed by atoms with Crippen LogP contribution >= 0.6 is 0 Å². The van der Waals surface area contributed by atoms with Gasteiger partial charge in [0.05, 0.1) is 12.2 Å². The minimum absolute atomic E-state index is 0.0599. The predicted octanol–water partition coefficient (Wildman–Crippen LogP) is 1.09. The van der Waals surface area contributed by atoms with Gasteiger partial charge in [-0.2, -0.15) is 5.26 Å². The molecule has 11 heteroatoms. The molecule has 0 aliphatic rings. The van der Waals surface area contributed by atoms with Crippen LogP contribution in [0.2, 0.25) is 0 Å². The number of hydrogen-bond acceptors (Lipinski definition) is 6. The third-order valence-corrected chi connectivity index (χ3v) is 4.82. The van der Waals surface area contributed by atoms with Crippen LogP contribution in [0.1, 0.15) is 29.4 Å². The van der Waals surface area contributed by atoms with Crippen LogP contribution in [0.25, 0.3) is 0 Å². The van der Waals surface area contributed by atoms with Crippen molar-refractivity contribution in [3.8, 4) is 23.7 Å². The quantitative estimate of drug-likeness (QED) is 0.556. The highest BCUT2D eigenvalue weighted by Gasteiger charge is 2.28. The lowest BCUT2D eigenvalue weighted by Gasteiger charge is -2.12. The van der Waals surface area contributed by atoms with Crippen LogP contribution in [0, 0.1) is 29.0 Å². The lowest BCUT2D eigenvalue weighted by molar-refractivity contribution is 0.101. The van der Waals surface area contributed by atoms with Crippen LogP contribution in [-0.4, -0.2) is 36.7 Å². The van der Waals surface area contributed by atoms with Gasteiger partial charge in [-0.3, -0.25) is 4.79 Å². The number of sulfonamides is 1. The van der Waals surface area contributed by atoms with Crippen molar-refractivity contribution in [2.45, 2.75) is 24.3 Å². The van der Waals surface area contributed by atoms with E-state index in [1.807, 2.05) is 0 Å². The fourth-order valence-corrected chi connectivity index (χ4v) is 3.29. The van der Waals surface area contributed by atoms with Gasteiger partial charge in [-0.25, -0.2) is 17.9 Å². The number of primary sulfonamides is 1. The topological polar surface area (TPSA) is 147 Å². The molecule has 0 saturated heterocycles. The van der Waals surface area contributed by atoms with Gasteiger partial charge in [0.2, 0.25) is 10.0 Å². The summed E-state index contributed by atoms with van der Waals surface area (Å²) in [5.41, 5.74) is -0.318. The molecule has 1 aromatic carbocycles. The van der Waals surface area contributed by atoms with E-state index < -0.39 is 32.7 Å². The van der Waals surface area contributed by atoms with Crippen molar-refractivity contribution in [3.05, 3.63) is 41.5 Å². The maximum absolute atomic E-state index is 13.5. The number of amides is 1. The second kappa shape index (κ2) is 9.41. The Morgan fingerprint density at radius 1 is 1.47 bits per heavy atom. The van der Waals surface area contributed by atoms with Crippen molar-refractivity contribution < 1.29 is 27.4 Å². The molecule has 4 N–H and O–H groups in total. The van der Waals surface area contributed by atoms with Gasteiger partial charge in [0, 0.05) is 25.4 Å². The number of hydrogen-bond donors (Lipinski definition) is 3. The Kier molecular flexibility index (Phi) is 7.19. The zero-order valence-electron chi connectivity index (χ0n) is 16.1. The number of ether oxygens (including phenoxy) is 1. The number of aliphatic hydroxyl groups excluding tert-OH is 1. The summed E-state index contributed by atoms with van der Waals surface area (Å²) in [6, 6.07) is 5.06.